The van der Waals surface area contributed by atoms with Gasteiger partial charge in [-0.15, -0.1) is 16.8 Å². The van der Waals surface area contributed by atoms with Crippen LogP contribution in [0.25, 0.3) is 0 Å². The molecule has 0 saturated heterocycles. The lowest BCUT2D eigenvalue weighted by Gasteiger charge is -2.17. The second-order valence-corrected chi connectivity index (χ2v) is 8.34. The number of thioether (sulfide) groups is 1. The molecule has 34 heavy (non-hydrogen) atoms. The van der Waals surface area contributed by atoms with Crippen LogP contribution in [0.3, 0.4) is 0 Å². The first-order chi connectivity index (χ1) is 16.4. The highest BCUT2D eigenvalue weighted by molar-refractivity contribution is 7.99. The van der Waals surface area contributed by atoms with E-state index in [4.69, 9.17) is 9.47 Å². The Morgan fingerprint density at radius 3 is 2.59 bits per heavy atom. The van der Waals surface area contributed by atoms with Gasteiger partial charge in [0.15, 0.2) is 17.1 Å². The van der Waals surface area contributed by atoms with E-state index in [1.54, 1.807) is 37.3 Å². The van der Waals surface area contributed by atoms with Crippen molar-refractivity contribution in [1.82, 2.24) is 14.8 Å². The number of nitrogens with one attached hydrogen (secondary N) is 1. The molecule has 1 unspecified atom stereocenters. The zero-order chi connectivity index (χ0) is 24.5. The highest BCUT2D eigenvalue weighted by atomic mass is 32.2. The fourth-order valence-electron chi connectivity index (χ4n) is 3.17. The van der Waals surface area contributed by atoms with Crippen LogP contribution in [0.2, 0.25) is 0 Å². The maximum Gasteiger partial charge on any atom is 0.338 e. The molecule has 1 amide bonds. The maximum absolute atomic E-state index is 12.5. The van der Waals surface area contributed by atoms with Gasteiger partial charge in [0.1, 0.15) is 5.75 Å². The monoisotopic (exact) mass is 480 g/mol. The molecule has 0 aliphatic carbocycles. The number of aromatic nitrogens is 3. The lowest BCUT2D eigenvalue weighted by atomic mass is 10.2. The first-order valence-corrected chi connectivity index (χ1v) is 11.9. The summed E-state index contributed by atoms with van der Waals surface area (Å²) in [6.07, 6.45) is 1.41. The Morgan fingerprint density at radius 1 is 1.18 bits per heavy atom. The van der Waals surface area contributed by atoms with E-state index in [0.717, 1.165) is 11.3 Å². The first-order valence-electron chi connectivity index (χ1n) is 10.9. The zero-order valence-corrected chi connectivity index (χ0v) is 20.3. The zero-order valence-electron chi connectivity index (χ0n) is 19.5. The highest BCUT2D eigenvalue weighted by Gasteiger charge is 2.20. The lowest BCUT2D eigenvalue weighted by Crippen LogP contribution is -2.16. The molecule has 1 heterocycles. The van der Waals surface area contributed by atoms with Gasteiger partial charge in [-0.2, -0.15) is 0 Å². The Kier molecular flexibility index (Phi) is 8.86. The van der Waals surface area contributed by atoms with Crippen molar-refractivity contribution in [2.24, 2.45) is 0 Å². The summed E-state index contributed by atoms with van der Waals surface area (Å²) in [7, 11) is 0. The molecular weight excluding hydrogens is 452 g/mol. The van der Waals surface area contributed by atoms with Gasteiger partial charge in [0, 0.05) is 12.2 Å². The molecule has 0 fully saturated rings. The summed E-state index contributed by atoms with van der Waals surface area (Å²) >= 11 is 1.28. The number of para-hydroxylation sites is 1. The van der Waals surface area contributed by atoms with Gasteiger partial charge >= 0.3 is 5.97 Å². The smallest absolute Gasteiger partial charge is 0.338 e. The molecule has 0 radical (unpaired) electrons. The number of esters is 1. The second-order valence-electron chi connectivity index (χ2n) is 7.40. The molecule has 0 aliphatic rings. The van der Waals surface area contributed by atoms with Gasteiger partial charge in [-0.05, 0) is 56.7 Å². The minimum Gasteiger partial charge on any atom is -0.482 e. The third kappa shape index (κ3) is 6.48. The van der Waals surface area contributed by atoms with Crippen molar-refractivity contribution in [2.45, 2.75) is 38.6 Å². The van der Waals surface area contributed by atoms with Crippen LogP contribution < -0.4 is 10.1 Å². The van der Waals surface area contributed by atoms with Crippen LogP contribution in [-0.2, 0) is 16.1 Å². The Balaban J connectivity index is 1.62. The number of benzene rings is 2. The number of allylic oxidation sites excluding steroid dienone is 1. The van der Waals surface area contributed by atoms with E-state index in [-0.39, 0.29) is 17.8 Å². The average molecular weight is 481 g/mol. The fraction of sp³-hybridized carbons (Fsp3) is 0.280. The number of carbonyl (C=O) groups excluding carboxylic acids is 2. The molecule has 2 aromatic carbocycles. The number of hydrogen-bond acceptors (Lipinski definition) is 7. The van der Waals surface area contributed by atoms with Gasteiger partial charge in [0.05, 0.1) is 17.9 Å². The number of rotatable bonds is 11. The molecule has 0 spiro atoms. The van der Waals surface area contributed by atoms with Crippen molar-refractivity contribution >= 4 is 29.3 Å². The van der Waals surface area contributed by atoms with Crippen LogP contribution in [0, 0.1) is 6.92 Å². The number of amides is 1. The predicted octanol–water partition coefficient (Wildman–Crippen LogP) is 4.82. The Morgan fingerprint density at radius 2 is 1.91 bits per heavy atom. The van der Waals surface area contributed by atoms with E-state index >= 15 is 0 Å². The van der Waals surface area contributed by atoms with Crippen molar-refractivity contribution in [3.63, 3.8) is 0 Å². The van der Waals surface area contributed by atoms with Crippen molar-refractivity contribution in [3.05, 3.63) is 78.1 Å². The molecule has 8 nitrogen and oxygen atoms in total. The third-order valence-electron chi connectivity index (χ3n) is 4.83. The molecule has 1 aromatic heterocycles. The summed E-state index contributed by atoms with van der Waals surface area (Å²) in [6, 6.07) is 14.3. The van der Waals surface area contributed by atoms with Crippen LogP contribution in [0.1, 0.15) is 41.7 Å². The number of aryl methyl sites for hydroxylation is 1. The van der Waals surface area contributed by atoms with E-state index in [0.29, 0.717) is 35.4 Å². The van der Waals surface area contributed by atoms with Crippen LogP contribution in [0.15, 0.2) is 66.3 Å². The number of hydrogen-bond donors (Lipinski definition) is 1. The Labute approximate surface area is 203 Å². The number of carbonyl (C=O) groups is 2. The predicted molar refractivity (Wildman–Crippen MR) is 132 cm³/mol. The first kappa shape index (κ1) is 25.0. The van der Waals surface area contributed by atoms with Crippen molar-refractivity contribution < 1.29 is 19.1 Å². The quantitative estimate of drug-likeness (QED) is 0.239. The topological polar surface area (TPSA) is 95.3 Å². The van der Waals surface area contributed by atoms with Gasteiger partial charge < -0.3 is 14.8 Å². The minimum atomic E-state index is -0.395. The maximum atomic E-state index is 12.5. The molecule has 1 atom stereocenters. The summed E-state index contributed by atoms with van der Waals surface area (Å²) in [5, 5.41) is 12.0. The molecular formula is C25H28N4O4S. The summed E-state index contributed by atoms with van der Waals surface area (Å²) in [5.41, 5.74) is 2.05. The lowest BCUT2D eigenvalue weighted by molar-refractivity contribution is -0.113. The van der Waals surface area contributed by atoms with E-state index in [2.05, 4.69) is 22.1 Å². The van der Waals surface area contributed by atoms with Gasteiger partial charge in [-0.3, -0.25) is 9.36 Å². The standard InChI is InChI=1S/C25H28N4O4S/c1-5-15-29-23(18(4)33-21-10-8-7-9-17(21)3)27-28-25(29)34-16-22(30)26-20-13-11-19(12-14-20)24(31)32-6-2/h5,7-14,18H,1,6,15-16H2,2-4H3,(H,26,30). The van der Waals surface area contributed by atoms with Crippen molar-refractivity contribution in [2.75, 3.05) is 17.7 Å². The van der Waals surface area contributed by atoms with Crippen LogP contribution >= 0.6 is 11.8 Å². The summed E-state index contributed by atoms with van der Waals surface area (Å²) in [4.78, 5) is 24.2. The molecule has 3 aromatic rings. The second kappa shape index (κ2) is 12.0. The molecule has 0 bridgehead atoms. The minimum absolute atomic E-state index is 0.141. The normalized spacial score (nSPS) is 11.5. The molecule has 1 N–H and O–H groups in total. The van der Waals surface area contributed by atoms with Crippen LogP contribution in [0.5, 0.6) is 5.75 Å². The van der Waals surface area contributed by atoms with Gasteiger partial charge in [0.25, 0.3) is 0 Å². The van der Waals surface area contributed by atoms with Crippen LogP contribution in [0.4, 0.5) is 5.69 Å². The highest BCUT2D eigenvalue weighted by Crippen LogP contribution is 2.26. The number of nitrogens with zero attached hydrogens (tertiary/aromatic N) is 3. The summed E-state index contributed by atoms with van der Waals surface area (Å²) in [6.45, 7) is 10.3. The van der Waals surface area contributed by atoms with E-state index in [9.17, 15) is 9.59 Å². The van der Waals surface area contributed by atoms with E-state index < -0.39 is 5.97 Å². The van der Waals surface area contributed by atoms with Crippen LogP contribution in [-0.4, -0.2) is 39.0 Å². The Bertz CT molecular complexity index is 1140. The fourth-order valence-corrected chi connectivity index (χ4v) is 3.93. The molecule has 0 saturated carbocycles. The molecule has 3 rings (SSSR count). The molecule has 0 aliphatic heterocycles. The SMILES string of the molecule is C=CCn1c(SCC(=O)Nc2ccc(C(=O)OCC)cc2)nnc1C(C)Oc1ccccc1C. The summed E-state index contributed by atoms with van der Waals surface area (Å²) < 4.78 is 13.0. The summed E-state index contributed by atoms with van der Waals surface area (Å²) in [5.74, 6) is 0.982. The molecule has 9 heteroatoms. The van der Waals surface area contributed by atoms with Crippen molar-refractivity contribution in [1.29, 1.82) is 0 Å². The Hall–Kier alpha value is -3.59. The molecule has 178 valence electrons. The van der Waals surface area contributed by atoms with Gasteiger partial charge in [-0.1, -0.05) is 36.0 Å². The van der Waals surface area contributed by atoms with Crippen molar-refractivity contribution in [3.8, 4) is 5.75 Å². The number of ether oxygens (including phenoxy) is 2. The van der Waals surface area contributed by atoms with Gasteiger partial charge in [-0.25, -0.2) is 4.79 Å². The van der Waals surface area contributed by atoms with E-state index in [1.807, 2.05) is 42.7 Å². The van der Waals surface area contributed by atoms with E-state index in [1.165, 1.54) is 11.8 Å². The largest absolute Gasteiger partial charge is 0.482 e. The average Bonchev–Trinajstić information content (AvgIpc) is 3.23. The third-order valence-corrected chi connectivity index (χ3v) is 5.80. The van der Waals surface area contributed by atoms with Gasteiger partial charge in [0.2, 0.25) is 5.91 Å². The number of anilines is 1.